The molecule has 0 aliphatic rings. The molecule has 1 heterocycles. The molecule has 3 aromatic rings. The minimum Gasteiger partial charge on any atom is -0.491 e. The maximum absolute atomic E-state index is 12.2. The Balaban J connectivity index is 1.70. The molecule has 0 aliphatic carbocycles. The highest BCUT2D eigenvalue weighted by molar-refractivity contribution is 6.06. The van der Waals surface area contributed by atoms with Crippen molar-refractivity contribution in [1.82, 2.24) is 10.2 Å². The van der Waals surface area contributed by atoms with E-state index in [0.29, 0.717) is 17.0 Å². The number of nitrogens with zero attached hydrogens (tertiary/aromatic N) is 1. The number of nitrogens with one attached hydrogen (secondary N) is 2. The van der Waals surface area contributed by atoms with Crippen molar-refractivity contribution in [3.8, 4) is 5.75 Å². The molecular weight excluding hydrogens is 282 g/mol. The van der Waals surface area contributed by atoms with Gasteiger partial charge in [-0.3, -0.25) is 9.89 Å². The number of hydrogen-bond donors (Lipinski definition) is 3. The fourth-order valence-electron chi connectivity index (χ4n) is 2.09. The summed E-state index contributed by atoms with van der Waals surface area (Å²) in [6.07, 6.45) is 1.68. The van der Waals surface area contributed by atoms with Crippen LogP contribution < -0.4 is 10.1 Å². The average molecular weight is 297 g/mol. The van der Waals surface area contributed by atoms with Crippen LogP contribution in [0.15, 0.2) is 48.7 Å². The Labute approximate surface area is 126 Å². The molecule has 1 aromatic heterocycles. The van der Waals surface area contributed by atoms with E-state index in [1.54, 1.807) is 42.6 Å². The Morgan fingerprint density at radius 1 is 1.23 bits per heavy atom. The molecule has 1 amide bonds. The number of aliphatic hydroxyl groups is 1. The van der Waals surface area contributed by atoms with Gasteiger partial charge in [0, 0.05) is 16.6 Å². The van der Waals surface area contributed by atoms with Crippen molar-refractivity contribution >= 4 is 22.5 Å². The van der Waals surface area contributed by atoms with E-state index in [1.165, 1.54) is 0 Å². The van der Waals surface area contributed by atoms with Crippen LogP contribution >= 0.6 is 0 Å². The van der Waals surface area contributed by atoms with E-state index in [4.69, 9.17) is 9.84 Å². The number of fused-ring (bicyclic) bond motifs is 1. The SMILES string of the molecule is O=C(Nc1ccc(OCCO)cc1)c1ccc2[nH]ncc2c1. The topological polar surface area (TPSA) is 87.2 Å². The van der Waals surface area contributed by atoms with Crippen LogP contribution in [-0.2, 0) is 0 Å². The van der Waals surface area contributed by atoms with Crippen LogP contribution in [0.1, 0.15) is 10.4 Å². The van der Waals surface area contributed by atoms with Crippen LogP contribution in [-0.4, -0.2) is 34.4 Å². The second-order valence-electron chi connectivity index (χ2n) is 4.72. The Bertz CT molecular complexity index is 781. The summed E-state index contributed by atoms with van der Waals surface area (Å²) in [5.74, 6) is 0.457. The Morgan fingerprint density at radius 3 is 2.82 bits per heavy atom. The highest BCUT2D eigenvalue weighted by Crippen LogP contribution is 2.18. The highest BCUT2D eigenvalue weighted by atomic mass is 16.5. The van der Waals surface area contributed by atoms with Crippen LogP contribution in [0.2, 0.25) is 0 Å². The van der Waals surface area contributed by atoms with E-state index in [9.17, 15) is 4.79 Å². The molecule has 0 bridgehead atoms. The predicted octanol–water partition coefficient (Wildman–Crippen LogP) is 2.19. The van der Waals surface area contributed by atoms with Crippen LogP contribution in [0, 0.1) is 0 Å². The molecule has 6 nitrogen and oxygen atoms in total. The number of carbonyl (C=O) groups is 1. The lowest BCUT2D eigenvalue weighted by Gasteiger charge is -2.07. The molecule has 112 valence electrons. The number of rotatable bonds is 5. The summed E-state index contributed by atoms with van der Waals surface area (Å²) in [5.41, 5.74) is 2.13. The summed E-state index contributed by atoms with van der Waals surface area (Å²) < 4.78 is 5.27. The number of H-pyrrole nitrogens is 1. The quantitative estimate of drug-likeness (QED) is 0.673. The first-order valence-electron chi connectivity index (χ1n) is 6.84. The summed E-state index contributed by atoms with van der Waals surface area (Å²) in [4.78, 5) is 12.2. The molecule has 0 spiro atoms. The molecule has 0 radical (unpaired) electrons. The lowest BCUT2D eigenvalue weighted by atomic mass is 10.1. The number of aromatic nitrogens is 2. The van der Waals surface area contributed by atoms with Crippen molar-refractivity contribution in [2.45, 2.75) is 0 Å². The fourth-order valence-corrected chi connectivity index (χ4v) is 2.09. The van der Waals surface area contributed by atoms with Gasteiger partial charge >= 0.3 is 0 Å². The van der Waals surface area contributed by atoms with Crippen LogP contribution in [0.3, 0.4) is 0 Å². The smallest absolute Gasteiger partial charge is 0.255 e. The summed E-state index contributed by atoms with van der Waals surface area (Å²) >= 11 is 0. The number of benzene rings is 2. The average Bonchev–Trinajstić information content (AvgIpc) is 3.01. The third-order valence-corrected chi connectivity index (χ3v) is 3.17. The van der Waals surface area contributed by atoms with Crippen molar-refractivity contribution in [2.75, 3.05) is 18.5 Å². The molecule has 0 aliphatic heterocycles. The van der Waals surface area contributed by atoms with Gasteiger partial charge in [-0.05, 0) is 42.5 Å². The maximum atomic E-state index is 12.2. The number of ether oxygens (including phenoxy) is 1. The van der Waals surface area contributed by atoms with Crippen molar-refractivity contribution in [3.05, 3.63) is 54.2 Å². The van der Waals surface area contributed by atoms with Crippen molar-refractivity contribution in [2.24, 2.45) is 0 Å². The van der Waals surface area contributed by atoms with Gasteiger partial charge in [0.25, 0.3) is 5.91 Å². The second kappa shape index (κ2) is 6.28. The van der Waals surface area contributed by atoms with E-state index >= 15 is 0 Å². The van der Waals surface area contributed by atoms with Crippen molar-refractivity contribution in [3.63, 3.8) is 0 Å². The number of anilines is 1. The van der Waals surface area contributed by atoms with Crippen LogP contribution in [0.4, 0.5) is 5.69 Å². The third-order valence-electron chi connectivity index (χ3n) is 3.17. The first kappa shape index (κ1) is 14.1. The van der Waals surface area contributed by atoms with E-state index in [1.807, 2.05) is 6.07 Å². The van der Waals surface area contributed by atoms with Gasteiger partial charge in [-0.1, -0.05) is 0 Å². The van der Waals surface area contributed by atoms with E-state index in [0.717, 1.165) is 10.9 Å². The lowest BCUT2D eigenvalue weighted by Crippen LogP contribution is -2.11. The van der Waals surface area contributed by atoms with Crippen molar-refractivity contribution in [1.29, 1.82) is 0 Å². The first-order chi connectivity index (χ1) is 10.8. The highest BCUT2D eigenvalue weighted by Gasteiger charge is 2.07. The molecule has 22 heavy (non-hydrogen) atoms. The van der Waals surface area contributed by atoms with Gasteiger partial charge in [0.1, 0.15) is 12.4 Å². The largest absolute Gasteiger partial charge is 0.491 e. The first-order valence-corrected chi connectivity index (χ1v) is 6.84. The molecule has 0 saturated heterocycles. The predicted molar refractivity (Wildman–Crippen MR) is 83.1 cm³/mol. The number of aromatic amines is 1. The van der Waals surface area contributed by atoms with Gasteiger partial charge in [-0.2, -0.15) is 5.10 Å². The van der Waals surface area contributed by atoms with E-state index < -0.39 is 0 Å². The Kier molecular flexibility index (Phi) is 4.02. The van der Waals surface area contributed by atoms with E-state index in [2.05, 4.69) is 15.5 Å². The standard InChI is InChI=1S/C16H15N3O3/c20-7-8-22-14-4-2-13(3-5-14)18-16(21)11-1-6-15-12(9-11)10-17-19-15/h1-6,9-10,20H,7-8H2,(H,17,19)(H,18,21). The zero-order valence-electron chi connectivity index (χ0n) is 11.7. The molecule has 0 unspecified atom stereocenters. The zero-order chi connectivity index (χ0) is 15.4. The van der Waals surface area contributed by atoms with Gasteiger partial charge in [-0.25, -0.2) is 0 Å². The fraction of sp³-hybridized carbons (Fsp3) is 0.125. The van der Waals surface area contributed by atoms with Gasteiger partial charge in [0.05, 0.1) is 18.3 Å². The second-order valence-corrected chi connectivity index (χ2v) is 4.72. The Morgan fingerprint density at radius 2 is 2.05 bits per heavy atom. The third kappa shape index (κ3) is 3.07. The normalized spacial score (nSPS) is 10.6. The van der Waals surface area contributed by atoms with Gasteiger partial charge in [0.2, 0.25) is 0 Å². The summed E-state index contributed by atoms with van der Waals surface area (Å²) in [6, 6.07) is 12.3. The van der Waals surface area contributed by atoms with Crippen LogP contribution in [0.5, 0.6) is 5.75 Å². The number of aliphatic hydroxyl groups excluding tert-OH is 1. The molecule has 3 N–H and O–H groups in total. The molecule has 0 saturated carbocycles. The summed E-state index contributed by atoms with van der Waals surface area (Å²) in [5, 5.41) is 19.2. The summed E-state index contributed by atoms with van der Waals surface area (Å²) in [7, 11) is 0. The zero-order valence-corrected chi connectivity index (χ0v) is 11.7. The Hall–Kier alpha value is -2.86. The number of amides is 1. The van der Waals surface area contributed by atoms with Crippen LogP contribution in [0.25, 0.3) is 10.9 Å². The number of carbonyl (C=O) groups excluding carboxylic acids is 1. The molecular formula is C16H15N3O3. The molecule has 2 aromatic carbocycles. The minimum atomic E-state index is -0.188. The van der Waals surface area contributed by atoms with Gasteiger partial charge in [-0.15, -0.1) is 0 Å². The molecule has 0 atom stereocenters. The molecule has 0 fully saturated rings. The summed E-state index contributed by atoms with van der Waals surface area (Å²) in [6.45, 7) is 0.214. The lowest BCUT2D eigenvalue weighted by molar-refractivity contribution is 0.102. The maximum Gasteiger partial charge on any atom is 0.255 e. The van der Waals surface area contributed by atoms with Crippen molar-refractivity contribution < 1.29 is 14.6 Å². The minimum absolute atomic E-state index is 0.0328. The van der Waals surface area contributed by atoms with Gasteiger partial charge in [0.15, 0.2) is 0 Å². The van der Waals surface area contributed by atoms with E-state index in [-0.39, 0.29) is 19.1 Å². The van der Waals surface area contributed by atoms with Gasteiger partial charge < -0.3 is 15.2 Å². The molecule has 6 heteroatoms. The monoisotopic (exact) mass is 297 g/mol. The number of hydrogen-bond acceptors (Lipinski definition) is 4. The molecule has 3 rings (SSSR count).